The van der Waals surface area contributed by atoms with Crippen LogP contribution in [0.5, 0.6) is 0 Å². The molecule has 21 heavy (non-hydrogen) atoms. The van der Waals surface area contributed by atoms with Crippen molar-refractivity contribution in [1.29, 1.82) is 0 Å². The van der Waals surface area contributed by atoms with Gasteiger partial charge in [0.25, 0.3) is 10.0 Å². The van der Waals surface area contributed by atoms with Crippen molar-refractivity contribution >= 4 is 21.5 Å². The highest BCUT2D eigenvalue weighted by molar-refractivity contribution is 7.92. The first kappa shape index (κ1) is 15.2. The molecule has 6 heteroatoms. The lowest BCUT2D eigenvalue weighted by atomic mass is 10.2. The SMILES string of the molecule is CC(=O)c1ccc(S(=O)(=O)N(C)c2ccc(F)cc2)cc1. The maximum atomic E-state index is 12.9. The van der Waals surface area contributed by atoms with Crippen molar-refractivity contribution in [3.05, 3.63) is 59.9 Å². The number of carbonyl (C=O) groups is 1. The fraction of sp³-hybridized carbons (Fsp3) is 0.133. The van der Waals surface area contributed by atoms with E-state index >= 15 is 0 Å². The highest BCUT2D eigenvalue weighted by Gasteiger charge is 2.21. The zero-order chi connectivity index (χ0) is 15.6. The maximum absolute atomic E-state index is 12.9. The summed E-state index contributed by atoms with van der Waals surface area (Å²) < 4.78 is 38.8. The minimum Gasteiger partial charge on any atom is -0.295 e. The molecule has 0 unspecified atom stereocenters. The van der Waals surface area contributed by atoms with E-state index in [9.17, 15) is 17.6 Å². The van der Waals surface area contributed by atoms with Crippen molar-refractivity contribution in [3.63, 3.8) is 0 Å². The van der Waals surface area contributed by atoms with Crippen molar-refractivity contribution in [3.8, 4) is 0 Å². The van der Waals surface area contributed by atoms with Gasteiger partial charge in [-0.25, -0.2) is 12.8 Å². The third kappa shape index (κ3) is 3.11. The summed E-state index contributed by atoms with van der Waals surface area (Å²) in [4.78, 5) is 11.3. The molecule has 2 aromatic rings. The number of anilines is 1. The average Bonchev–Trinajstić information content (AvgIpc) is 2.47. The highest BCUT2D eigenvalue weighted by Crippen LogP contribution is 2.22. The van der Waals surface area contributed by atoms with E-state index in [4.69, 9.17) is 0 Å². The summed E-state index contributed by atoms with van der Waals surface area (Å²) in [6, 6.07) is 10.9. The van der Waals surface area contributed by atoms with Gasteiger partial charge in [0.2, 0.25) is 0 Å². The first-order valence-corrected chi connectivity index (χ1v) is 7.62. The normalized spacial score (nSPS) is 11.2. The Morgan fingerprint density at radius 2 is 1.52 bits per heavy atom. The van der Waals surface area contributed by atoms with Gasteiger partial charge in [-0.1, -0.05) is 12.1 Å². The maximum Gasteiger partial charge on any atom is 0.264 e. The predicted octanol–water partition coefficient (Wildman–Crippen LogP) is 2.85. The lowest BCUT2D eigenvalue weighted by Gasteiger charge is -2.19. The molecule has 0 aliphatic heterocycles. The van der Waals surface area contributed by atoms with Gasteiger partial charge in [0.05, 0.1) is 10.6 Å². The number of benzene rings is 2. The van der Waals surface area contributed by atoms with Crippen molar-refractivity contribution < 1.29 is 17.6 Å². The van der Waals surface area contributed by atoms with Crippen LogP contribution in [0.3, 0.4) is 0 Å². The number of hydrogen-bond donors (Lipinski definition) is 0. The van der Waals surface area contributed by atoms with Crippen molar-refractivity contribution in [1.82, 2.24) is 0 Å². The predicted molar refractivity (Wildman–Crippen MR) is 78.4 cm³/mol. The largest absolute Gasteiger partial charge is 0.295 e. The van der Waals surface area contributed by atoms with Crippen LogP contribution in [-0.4, -0.2) is 21.2 Å². The van der Waals surface area contributed by atoms with E-state index in [-0.39, 0.29) is 10.7 Å². The first-order valence-electron chi connectivity index (χ1n) is 6.18. The van der Waals surface area contributed by atoms with Crippen LogP contribution in [0.4, 0.5) is 10.1 Å². The molecule has 4 nitrogen and oxygen atoms in total. The number of carbonyl (C=O) groups excluding carboxylic acids is 1. The van der Waals surface area contributed by atoms with Gasteiger partial charge in [0.1, 0.15) is 5.82 Å². The van der Waals surface area contributed by atoms with Gasteiger partial charge in [-0.05, 0) is 43.3 Å². The minimum absolute atomic E-state index is 0.0688. The second-order valence-corrected chi connectivity index (χ2v) is 6.50. The van der Waals surface area contributed by atoms with Gasteiger partial charge >= 0.3 is 0 Å². The van der Waals surface area contributed by atoms with Crippen molar-refractivity contribution in [2.24, 2.45) is 0 Å². The molecular formula is C15H14FNO3S. The van der Waals surface area contributed by atoms with E-state index in [1.165, 1.54) is 62.5 Å². The lowest BCUT2D eigenvalue weighted by molar-refractivity contribution is 0.101. The van der Waals surface area contributed by atoms with Gasteiger partial charge in [0, 0.05) is 12.6 Å². The van der Waals surface area contributed by atoms with Crippen molar-refractivity contribution in [2.45, 2.75) is 11.8 Å². The lowest BCUT2D eigenvalue weighted by Crippen LogP contribution is -2.26. The van der Waals surface area contributed by atoms with E-state index in [1.807, 2.05) is 0 Å². The summed E-state index contributed by atoms with van der Waals surface area (Å²) >= 11 is 0. The van der Waals surface area contributed by atoms with Gasteiger partial charge < -0.3 is 0 Å². The molecule has 0 radical (unpaired) electrons. The first-order chi connectivity index (χ1) is 9.82. The van der Waals surface area contributed by atoms with Crippen LogP contribution in [-0.2, 0) is 10.0 Å². The molecule has 0 aliphatic carbocycles. The third-order valence-electron chi connectivity index (χ3n) is 3.11. The van der Waals surface area contributed by atoms with Crippen LogP contribution in [0, 0.1) is 5.82 Å². The fourth-order valence-electron chi connectivity index (χ4n) is 1.81. The molecule has 0 heterocycles. The Balaban J connectivity index is 2.36. The monoisotopic (exact) mass is 307 g/mol. The van der Waals surface area contributed by atoms with Gasteiger partial charge in [0.15, 0.2) is 5.78 Å². The van der Waals surface area contributed by atoms with E-state index in [0.717, 1.165) is 4.31 Å². The molecule has 0 amide bonds. The summed E-state index contributed by atoms with van der Waals surface area (Å²) in [6.45, 7) is 1.41. The molecule has 0 spiro atoms. The molecule has 0 bridgehead atoms. The Kier molecular flexibility index (Phi) is 4.09. The third-order valence-corrected chi connectivity index (χ3v) is 4.91. The van der Waals surface area contributed by atoms with Crippen LogP contribution in [0.15, 0.2) is 53.4 Å². The molecule has 0 aromatic heterocycles. The summed E-state index contributed by atoms with van der Waals surface area (Å²) in [5, 5.41) is 0. The fourth-order valence-corrected chi connectivity index (χ4v) is 3.01. The van der Waals surface area contributed by atoms with E-state index < -0.39 is 15.8 Å². The smallest absolute Gasteiger partial charge is 0.264 e. The topological polar surface area (TPSA) is 54.5 Å². The van der Waals surface area contributed by atoms with Crippen LogP contribution >= 0.6 is 0 Å². The van der Waals surface area contributed by atoms with Crippen LogP contribution in [0.2, 0.25) is 0 Å². The summed E-state index contributed by atoms with van der Waals surface area (Å²) in [5.74, 6) is -0.568. The summed E-state index contributed by atoms with van der Waals surface area (Å²) in [7, 11) is -2.36. The Labute approximate surface area is 122 Å². The molecule has 0 atom stereocenters. The molecule has 2 rings (SSSR count). The molecule has 0 aliphatic rings. The molecule has 0 saturated heterocycles. The number of sulfonamides is 1. The van der Waals surface area contributed by atoms with Crippen LogP contribution in [0.1, 0.15) is 17.3 Å². The van der Waals surface area contributed by atoms with Gasteiger partial charge in [-0.3, -0.25) is 9.10 Å². The number of rotatable bonds is 4. The zero-order valence-corrected chi connectivity index (χ0v) is 12.4. The Hall–Kier alpha value is -2.21. The number of nitrogens with zero attached hydrogens (tertiary/aromatic N) is 1. The van der Waals surface area contributed by atoms with Gasteiger partial charge in [-0.2, -0.15) is 0 Å². The van der Waals surface area contributed by atoms with E-state index in [1.54, 1.807) is 0 Å². The molecule has 0 fully saturated rings. The summed E-state index contributed by atoms with van der Waals surface area (Å²) in [6.07, 6.45) is 0. The average molecular weight is 307 g/mol. The number of Topliss-reactive ketones (excluding diaryl/α,β-unsaturated/α-hetero) is 1. The Morgan fingerprint density at radius 3 is 2.00 bits per heavy atom. The highest BCUT2D eigenvalue weighted by atomic mass is 32.2. The number of halogens is 1. The minimum atomic E-state index is -3.75. The van der Waals surface area contributed by atoms with E-state index in [0.29, 0.717) is 11.3 Å². The second kappa shape index (κ2) is 5.65. The van der Waals surface area contributed by atoms with E-state index in [2.05, 4.69) is 0 Å². The van der Waals surface area contributed by atoms with Crippen LogP contribution in [0.25, 0.3) is 0 Å². The molecule has 2 aromatic carbocycles. The standard InChI is InChI=1S/C15H14FNO3S/c1-11(18)12-3-9-15(10-4-12)21(19,20)17(2)14-7-5-13(16)6-8-14/h3-10H,1-2H3. The second-order valence-electron chi connectivity index (χ2n) is 4.53. The molecule has 110 valence electrons. The van der Waals surface area contributed by atoms with Gasteiger partial charge in [-0.15, -0.1) is 0 Å². The molecular weight excluding hydrogens is 293 g/mol. The van der Waals surface area contributed by atoms with Crippen molar-refractivity contribution in [2.75, 3.05) is 11.4 Å². The Morgan fingerprint density at radius 1 is 1.00 bits per heavy atom. The number of ketones is 1. The quantitative estimate of drug-likeness (QED) is 0.816. The molecule has 0 N–H and O–H groups in total. The number of hydrogen-bond acceptors (Lipinski definition) is 3. The van der Waals surface area contributed by atoms with Crippen LogP contribution < -0.4 is 4.31 Å². The molecule has 0 saturated carbocycles. The zero-order valence-electron chi connectivity index (χ0n) is 11.6. The Bertz CT molecular complexity index is 753. The summed E-state index contributed by atoms with van der Waals surface area (Å²) in [5.41, 5.74) is 0.797.